The lowest BCUT2D eigenvalue weighted by molar-refractivity contribution is 0.0689. The van der Waals surface area contributed by atoms with Crippen LogP contribution in [-0.4, -0.2) is 44.1 Å². The molecule has 9 heteroatoms. The van der Waals surface area contributed by atoms with Gasteiger partial charge in [0, 0.05) is 17.3 Å². The van der Waals surface area contributed by atoms with Gasteiger partial charge < -0.3 is 15.2 Å². The Bertz CT molecular complexity index is 1190. The van der Waals surface area contributed by atoms with Gasteiger partial charge in [0.15, 0.2) is 11.4 Å². The average molecular weight is 377 g/mol. The van der Waals surface area contributed by atoms with Gasteiger partial charge in [-0.05, 0) is 30.3 Å². The summed E-state index contributed by atoms with van der Waals surface area (Å²) in [7, 11) is 1.55. The number of para-hydroxylation sites is 1. The van der Waals surface area contributed by atoms with Crippen molar-refractivity contribution in [3.05, 3.63) is 66.1 Å². The monoisotopic (exact) mass is 377 g/mol. The lowest BCUT2D eigenvalue weighted by atomic mass is 10.2. The van der Waals surface area contributed by atoms with Gasteiger partial charge in [-0.2, -0.15) is 10.2 Å². The van der Waals surface area contributed by atoms with Gasteiger partial charge in [-0.1, -0.05) is 18.2 Å². The quantitative estimate of drug-likeness (QED) is 0.491. The Morgan fingerprint density at radius 1 is 1.18 bits per heavy atom. The van der Waals surface area contributed by atoms with E-state index in [0.717, 1.165) is 0 Å². The minimum Gasteiger partial charge on any atom is -0.494 e. The van der Waals surface area contributed by atoms with Crippen LogP contribution in [0.3, 0.4) is 0 Å². The Morgan fingerprint density at radius 2 is 2.00 bits per heavy atom. The Morgan fingerprint density at radius 3 is 2.75 bits per heavy atom. The number of benzene rings is 2. The highest BCUT2D eigenvalue weighted by atomic mass is 16.5. The zero-order valence-corrected chi connectivity index (χ0v) is 14.7. The van der Waals surface area contributed by atoms with E-state index in [2.05, 4.69) is 20.6 Å². The van der Waals surface area contributed by atoms with Crippen molar-refractivity contribution in [1.82, 2.24) is 20.0 Å². The predicted molar refractivity (Wildman–Crippen MR) is 101 cm³/mol. The molecule has 28 heavy (non-hydrogen) atoms. The van der Waals surface area contributed by atoms with Crippen molar-refractivity contribution in [3.8, 4) is 11.4 Å². The van der Waals surface area contributed by atoms with Crippen LogP contribution in [0.2, 0.25) is 0 Å². The number of nitrogens with one attached hydrogen (secondary N) is 2. The van der Waals surface area contributed by atoms with Gasteiger partial charge in [0.1, 0.15) is 11.3 Å². The van der Waals surface area contributed by atoms with Crippen molar-refractivity contribution < 1.29 is 19.4 Å². The zero-order valence-electron chi connectivity index (χ0n) is 14.7. The standard InChI is InChI=1S/C19H15N5O4/c1-28-15-7-3-6-13-16(15)21-22-17(13)18(25)20-11-4-2-5-12(10-11)24-9-8-14(23-24)19(26)27/h2-10H,1H3,(H,20,25)(H,21,22)(H,26,27). The van der Waals surface area contributed by atoms with Gasteiger partial charge in [0.2, 0.25) is 0 Å². The summed E-state index contributed by atoms with van der Waals surface area (Å²) >= 11 is 0. The minimum absolute atomic E-state index is 0.0635. The molecule has 0 aliphatic carbocycles. The fraction of sp³-hybridized carbons (Fsp3) is 0.0526. The van der Waals surface area contributed by atoms with Crippen molar-refractivity contribution in [2.24, 2.45) is 0 Å². The normalized spacial score (nSPS) is 10.8. The van der Waals surface area contributed by atoms with Crippen LogP contribution in [0, 0.1) is 0 Å². The molecule has 0 spiro atoms. The van der Waals surface area contributed by atoms with Gasteiger partial charge in [0.25, 0.3) is 5.91 Å². The predicted octanol–water partition coefficient (Wildman–Crippen LogP) is 2.71. The Labute approximate surface area is 158 Å². The number of carboxylic acids is 1. The minimum atomic E-state index is -1.11. The number of carbonyl (C=O) groups excluding carboxylic acids is 1. The number of ether oxygens (including phenoxy) is 1. The van der Waals surface area contributed by atoms with E-state index in [0.29, 0.717) is 28.0 Å². The summed E-state index contributed by atoms with van der Waals surface area (Å²) in [6, 6.07) is 13.6. The average Bonchev–Trinajstić information content (AvgIpc) is 3.35. The lowest BCUT2D eigenvalue weighted by Crippen LogP contribution is -2.13. The Balaban J connectivity index is 1.61. The van der Waals surface area contributed by atoms with Crippen molar-refractivity contribution in [2.75, 3.05) is 12.4 Å². The van der Waals surface area contributed by atoms with Crippen LogP contribution in [0.25, 0.3) is 16.6 Å². The summed E-state index contributed by atoms with van der Waals surface area (Å²) < 4.78 is 6.69. The number of hydrogen-bond acceptors (Lipinski definition) is 5. The van der Waals surface area contributed by atoms with Gasteiger partial charge in [-0.15, -0.1) is 0 Å². The number of nitrogens with zero attached hydrogens (tertiary/aromatic N) is 3. The molecule has 0 saturated heterocycles. The maximum Gasteiger partial charge on any atom is 0.356 e. The molecule has 140 valence electrons. The fourth-order valence-electron chi connectivity index (χ4n) is 2.86. The van der Waals surface area contributed by atoms with Crippen LogP contribution in [0.5, 0.6) is 5.75 Å². The molecule has 0 saturated carbocycles. The van der Waals surface area contributed by atoms with E-state index in [1.165, 1.54) is 16.9 Å². The second-order valence-electron chi connectivity index (χ2n) is 5.91. The molecule has 4 rings (SSSR count). The van der Waals surface area contributed by atoms with Crippen LogP contribution < -0.4 is 10.1 Å². The van der Waals surface area contributed by atoms with E-state index in [1.807, 2.05) is 0 Å². The molecule has 0 aliphatic heterocycles. The number of hydrogen-bond donors (Lipinski definition) is 3. The number of aromatic amines is 1. The van der Waals surface area contributed by atoms with E-state index in [-0.39, 0.29) is 17.3 Å². The molecule has 2 aromatic carbocycles. The molecule has 2 heterocycles. The number of methoxy groups -OCH3 is 1. The number of fused-ring (bicyclic) bond motifs is 1. The van der Waals surface area contributed by atoms with E-state index < -0.39 is 5.97 Å². The number of anilines is 1. The highest BCUT2D eigenvalue weighted by Crippen LogP contribution is 2.26. The second-order valence-corrected chi connectivity index (χ2v) is 5.91. The molecule has 0 fully saturated rings. The number of H-pyrrole nitrogens is 1. The molecule has 3 N–H and O–H groups in total. The summed E-state index contributed by atoms with van der Waals surface area (Å²) in [5.41, 5.74) is 1.95. The summed E-state index contributed by atoms with van der Waals surface area (Å²) in [6.45, 7) is 0. The zero-order chi connectivity index (χ0) is 19.7. The number of aromatic carboxylic acids is 1. The Hall–Kier alpha value is -4.14. The number of amides is 1. The lowest BCUT2D eigenvalue weighted by Gasteiger charge is -2.07. The molecule has 0 bridgehead atoms. The Kier molecular flexibility index (Phi) is 4.24. The topological polar surface area (TPSA) is 122 Å². The smallest absolute Gasteiger partial charge is 0.356 e. The van der Waals surface area contributed by atoms with Gasteiger partial charge >= 0.3 is 5.97 Å². The molecule has 0 aliphatic rings. The first-order valence-electron chi connectivity index (χ1n) is 8.28. The van der Waals surface area contributed by atoms with Gasteiger partial charge in [0.05, 0.1) is 12.8 Å². The summed E-state index contributed by atoms with van der Waals surface area (Å²) in [6.07, 6.45) is 1.54. The third kappa shape index (κ3) is 3.05. The molecule has 0 atom stereocenters. The number of aromatic nitrogens is 4. The van der Waals surface area contributed by atoms with Gasteiger partial charge in [-0.25, -0.2) is 9.48 Å². The molecule has 4 aromatic rings. The summed E-state index contributed by atoms with van der Waals surface area (Å²) in [4.78, 5) is 23.7. The van der Waals surface area contributed by atoms with Gasteiger partial charge in [-0.3, -0.25) is 9.89 Å². The van der Waals surface area contributed by atoms with Crippen molar-refractivity contribution in [3.63, 3.8) is 0 Å². The molecule has 0 radical (unpaired) electrons. The summed E-state index contributed by atoms with van der Waals surface area (Å²) in [5.74, 6) is -0.897. The second kappa shape index (κ2) is 6.88. The molecule has 1 amide bonds. The third-order valence-corrected chi connectivity index (χ3v) is 4.17. The first kappa shape index (κ1) is 17.3. The molecular formula is C19H15N5O4. The molecule has 2 aromatic heterocycles. The van der Waals surface area contributed by atoms with Crippen molar-refractivity contribution in [2.45, 2.75) is 0 Å². The van der Waals surface area contributed by atoms with Crippen molar-refractivity contribution in [1.29, 1.82) is 0 Å². The fourth-order valence-corrected chi connectivity index (χ4v) is 2.86. The van der Waals surface area contributed by atoms with Crippen LogP contribution in [0.1, 0.15) is 21.0 Å². The van der Waals surface area contributed by atoms with E-state index >= 15 is 0 Å². The molecule has 0 unspecified atom stereocenters. The number of carboxylic acid groups (broad SMARTS) is 1. The largest absolute Gasteiger partial charge is 0.494 e. The molecule has 9 nitrogen and oxygen atoms in total. The van der Waals surface area contributed by atoms with Crippen LogP contribution in [0.15, 0.2) is 54.7 Å². The third-order valence-electron chi connectivity index (χ3n) is 4.17. The van der Waals surface area contributed by atoms with E-state index in [9.17, 15) is 9.59 Å². The van der Waals surface area contributed by atoms with E-state index in [1.54, 1.807) is 49.6 Å². The van der Waals surface area contributed by atoms with Crippen LogP contribution in [0.4, 0.5) is 5.69 Å². The maximum atomic E-state index is 12.7. The first-order chi connectivity index (χ1) is 13.6. The van der Waals surface area contributed by atoms with Crippen LogP contribution in [-0.2, 0) is 0 Å². The maximum absolute atomic E-state index is 12.7. The highest BCUT2D eigenvalue weighted by Gasteiger charge is 2.17. The number of carbonyl (C=O) groups is 2. The highest BCUT2D eigenvalue weighted by molar-refractivity contribution is 6.11. The SMILES string of the molecule is COc1cccc2c(C(=O)Nc3cccc(-n4ccc(C(=O)O)n4)c3)n[nH]c12. The number of rotatable bonds is 5. The van der Waals surface area contributed by atoms with E-state index in [4.69, 9.17) is 9.84 Å². The first-order valence-corrected chi connectivity index (χ1v) is 8.28. The summed E-state index contributed by atoms with van der Waals surface area (Å²) in [5, 5.41) is 23.3. The van der Waals surface area contributed by atoms with Crippen LogP contribution >= 0.6 is 0 Å². The molecular weight excluding hydrogens is 362 g/mol. The van der Waals surface area contributed by atoms with Crippen molar-refractivity contribution >= 4 is 28.5 Å².